The molecule has 1 aliphatic rings. The van der Waals surface area contributed by atoms with Crippen LogP contribution in [0.15, 0.2) is 21.5 Å². The van der Waals surface area contributed by atoms with Crippen molar-refractivity contribution in [3.8, 4) is 0 Å². The zero-order valence-corrected chi connectivity index (χ0v) is 13.8. The molecular formula is C13H18BrNO4S. The first-order valence-corrected chi connectivity index (χ1v) is 8.57. The molecular weight excluding hydrogens is 346 g/mol. The third-order valence-corrected chi connectivity index (χ3v) is 6.33. The molecule has 7 heteroatoms. The second-order valence-electron chi connectivity index (χ2n) is 5.35. The first-order valence-electron chi connectivity index (χ1n) is 6.29. The fourth-order valence-electron chi connectivity index (χ4n) is 2.22. The van der Waals surface area contributed by atoms with Crippen molar-refractivity contribution in [2.24, 2.45) is 0 Å². The number of sulfonamides is 1. The number of benzene rings is 1. The minimum Gasteiger partial charge on any atom is -0.392 e. The highest BCUT2D eigenvalue weighted by molar-refractivity contribution is 9.10. The normalized spacial score (nSPS) is 23.2. The molecule has 0 amide bonds. The molecule has 0 aromatic heterocycles. The number of rotatable bonds is 4. The van der Waals surface area contributed by atoms with Gasteiger partial charge in [-0.1, -0.05) is 6.07 Å². The van der Waals surface area contributed by atoms with Crippen molar-refractivity contribution in [3.05, 3.63) is 27.7 Å². The van der Waals surface area contributed by atoms with Crippen LogP contribution in [0.1, 0.15) is 24.5 Å². The number of aliphatic hydroxyl groups is 1. The summed E-state index contributed by atoms with van der Waals surface area (Å²) in [6, 6.07) is 3.24. The molecule has 2 rings (SSSR count). The van der Waals surface area contributed by atoms with Crippen molar-refractivity contribution in [1.82, 2.24) is 4.72 Å². The summed E-state index contributed by atoms with van der Waals surface area (Å²) in [7, 11) is -3.68. The van der Waals surface area contributed by atoms with Crippen LogP contribution in [0.5, 0.6) is 0 Å². The van der Waals surface area contributed by atoms with E-state index in [0.717, 1.165) is 5.56 Å². The van der Waals surface area contributed by atoms with Crippen molar-refractivity contribution < 1.29 is 18.3 Å². The summed E-state index contributed by atoms with van der Waals surface area (Å²) in [5, 5.41) is 9.23. The SMILES string of the molecule is Cc1cc(CO)cc(S(=O)(=O)NC2(C)CCOC2)c1Br. The summed E-state index contributed by atoms with van der Waals surface area (Å²) in [6.07, 6.45) is 0.641. The van der Waals surface area contributed by atoms with Crippen LogP contribution >= 0.6 is 15.9 Å². The topological polar surface area (TPSA) is 75.6 Å². The Morgan fingerprint density at radius 1 is 1.50 bits per heavy atom. The van der Waals surface area contributed by atoms with E-state index in [9.17, 15) is 13.5 Å². The van der Waals surface area contributed by atoms with Crippen molar-refractivity contribution >= 4 is 26.0 Å². The number of ether oxygens (including phenoxy) is 1. The molecule has 1 aliphatic heterocycles. The molecule has 1 aromatic carbocycles. The van der Waals surface area contributed by atoms with Crippen molar-refractivity contribution in [2.75, 3.05) is 13.2 Å². The molecule has 2 N–H and O–H groups in total. The quantitative estimate of drug-likeness (QED) is 0.853. The number of hydrogen-bond acceptors (Lipinski definition) is 4. The maximum Gasteiger partial charge on any atom is 0.242 e. The molecule has 1 saturated heterocycles. The van der Waals surface area contributed by atoms with E-state index in [1.165, 1.54) is 6.07 Å². The van der Waals surface area contributed by atoms with Crippen molar-refractivity contribution in [2.45, 2.75) is 37.3 Å². The Morgan fingerprint density at radius 3 is 2.75 bits per heavy atom. The van der Waals surface area contributed by atoms with E-state index in [1.54, 1.807) is 13.0 Å². The van der Waals surface area contributed by atoms with Gasteiger partial charge in [0.15, 0.2) is 0 Å². The highest BCUT2D eigenvalue weighted by Gasteiger charge is 2.35. The van der Waals surface area contributed by atoms with Crippen LogP contribution in [0.4, 0.5) is 0 Å². The highest BCUT2D eigenvalue weighted by Crippen LogP contribution is 2.29. The lowest BCUT2D eigenvalue weighted by atomic mass is 10.0. The standard InChI is InChI=1S/C13H18BrNO4S/c1-9-5-10(7-16)6-11(12(9)14)20(17,18)15-13(2)3-4-19-8-13/h5-6,15-16H,3-4,7-8H2,1-2H3. The fraction of sp³-hybridized carbons (Fsp3) is 0.538. The largest absolute Gasteiger partial charge is 0.392 e. The lowest BCUT2D eigenvalue weighted by Gasteiger charge is -2.24. The van der Waals surface area contributed by atoms with Crippen LogP contribution in [-0.2, 0) is 21.4 Å². The van der Waals surface area contributed by atoms with Crippen molar-refractivity contribution in [3.63, 3.8) is 0 Å². The Morgan fingerprint density at radius 2 is 2.20 bits per heavy atom. The number of hydrogen-bond donors (Lipinski definition) is 2. The van der Waals surface area contributed by atoms with Gasteiger partial charge in [-0.05, 0) is 53.4 Å². The summed E-state index contributed by atoms with van der Waals surface area (Å²) in [5.41, 5.74) is 0.755. The summed E-state index contributed by atoms with van der Waals surface area (Å²) in [5.74, 6) is 0. The molecule has 1 unspecified atom stereocenters. The molecule has 0 aliphatic carbocycles. The average Bonchev–Trinajstić information content (AvgIpc) is 2.77. The molecule has 0 spiro atoms. The lowest BCUT2D eigenvalue weighted by molar-refractivity contribution is 0.178. The van der Waals surface area contributed by atoms with Gasteiger partial charge in [-0.3, -0.25) is 0 Å². The molecule has 20 heavy (non-hydrogen) atoms. The second-order valence-corrected chi connectivity index (χ2v) is 7.80. The van der Waals surface area contributed by atoms with E-state index in [4.69, 9.17) is 4.74 Å². The molecule has 1 fully saturated rings. The molecule has 1 atom stereocenters. The van der Waals surface area contributed by atoms with Gasteiger partial charge in [-0.2, -0.15) is 0 Å². The fourth-order valence-corrected chi connectivity index (χ4v) is 4.71. The van der Waals surface area contributed by atoms with Gasteiger partial charge in [0.25, 0.3) is 0 Å². The second kappa shape index (κ2) is 5.73. The smallest absolute Gasteiger partial charge is 0.242 e. The van der Waals surface area contributed by atoms with E-state index in [-0.39, 0.29) is 11.5 Å². The van der Waals surface area contributed by atoms with E-state index in [1.807, 2.05) is 6.92 Å². The number of aliphatic hydroxyl groups excluding tert-OH is 1. The van der Waals surface area contributed by atoms with Crippen LogP contribution in [0, 0.1) is 6.92 Å². The molecule has 0 radical (unpaired) electrons. The molecule has 112 valence electrons. The van der Waals surface area contributed by atoms with Crippen LogP contribution in [-0.4, -0.2) is 32.3 Å². The average molecular weight is 364 g/mol. The van der Waals surface area contributed by atoms with E-state index in [2.05, 4.69) is 20.7 Å². The van der Waals surface area contributed by atoms with Crippen LogP contribution in [0.2, 0.25) is 0 Å². The third kappa shape index (κ3) is 3.23. The van der Waals surface area contributed by atoms with E-state index < -0.39 is 15.6 Å². The third-order valence-electron chi connectivity index (χ3n) is 3.35. The lowest BCUT2D eigenvalue weighted by Crippen LogP contribution is -2.46. The first-order chi connectivity index (χ1) is 9.27. The molecule has 1 heterocycles. The molecule has 0 bridgehead atoms. The maximum atomic E-state index is 12.6. The Kier molecular flexibility index (Phi) is 4.56. The van der Waals surface area contributed by atoms with Gasteiger partial charge in [0.05, 0.1) is 23.6 Å². The van der Waals surface area contributed by atoms with Gasteiger partial charge in [0.2, 0.25) is 10.0 Å². The Balaban J connectivity index is 2.41. The Hall–Kier alpha value is -0.470. The van der Waals surface area contributed by atoms with Gasteiger partial charge in [0, 0.05) is 11.1 Å². The molecule has 5 nitrogen and oxygen atoms in total. The summed E-state index contributed by atoms with van der Waals surface area (Å²) < 4.78 is 33.6. The van der Waals surface area contributed by atoms with Crippen LogP contribution in [0.3, 0.4) is 0 Å². The summed E-state index contributed by atoms with van der Waals surface area (Å²) in [6.45, 7) is 4.34. The zero-order valence-electron chi connectivity index (χ0n) is 11.4. The molecule has 1 aromatic rings. The van der Waals surface area contributed by atoms with E-state index >= 15 is 0 Å². The minimum atomic E-state index is -3.68. The zero-order chi connectivity index (χ0) is 15.0. The predicted molar refractivity (Wildman–Crippen MR) is 79.0 cm³/mol. The van der Waals surface area contributed by atoms with Gasteiger partial charge < -0.3 is 9.84 Å². The number of nitrogens with one attached hydrogen (secondary N) is 1. The summed E-state index contributed by atoms with van der Waals surface area (Å²) >= 11 is 3.31. The van der Waals surface area contributed by atoms with E-state index in [0.29, 0.717) is 29.7 Å². The summed E-state index contributed by atoms with van der Waals surface area (Å²) in [4.78, 5) is 0.148. The number of aryl methyl sites for hydroxylation is 1. The van der Waals surface area contributed by atoms with Gasteiger partial charge in [-0.25, -0.2) is 13.1 Å². The predicted octanol–water partition coefficient (Wildman–Crippen LogP) is 1.71. The van der Waals surface area contributed by atoms with Crippen molar-refractivity contribution in [1.29, 1.82) is 0 Å². The Bertz CT molecular complexity index is 609. The van der Waals surface area contributed by atoms with Crippen LogP contribution in [0.25, 0.3) is 0 Å². The van der Waals surface area contributed by atoms with Gasteiger partial charge >= 0.3 is 0 Å². The Labute approximate surface area is 127 Å². The van der Waals surface area contributed by atoms with Crippen LogP contribution < -0.4 is 4.72 Å². The monoisotopic (exact) mass is 363 g/mol. The minimum absolute atomic E-state index is 0.148. The first kappa shape index (κ1) is 15.9. The highest BCUT2D eigenvalue weighted by atomic mass is 79.9. The van der Waals surface area contributed by atoms with Gasteiger partial charge in [-0.15, -0.1) is 0 Å². The van der Waals surface area contributed by atoms with Gasteiger partial charge in [0.1, 0.15) is 0 Å². The molecule has 0 saturated carbocycles. The number of halogens is 1. The maximum absolute atomic E-state index is 12.6.